The van der Waals surface area contributed by atoms with E-state index in [4.69, 9.17) is 9.97 Å². The number of fused-ring (bicyclic) bond motifs is 2. The lowest BCUT2D eigenvalue weighted by Crippen LogP contribution is -2.23. The Morgan fingerprint density at radius 2 is 1.81 bits per heavy atom. The van der Waals surface area contributed by atoms with Crippen LogP contribution in [-0.2, 0) is 16.4 Å². The molecule has 4 aromatic rings. The van der Waals surface area contributed by atoms with E-state index < -0.39 is 9.84 Å². The Hall–Kier alpha value is -3.85. The minimum absolute atomic E-state index is 0.153. The molecule has 1 aliphatic carbocycles. The molecule has 37 heavy (non-hydrogen) atoms. The lowest BCUT2D eigenvalue weighted by molar-refractivity contribution is 0.0950. The van der Waals surface area contributed by atoms with Crippen LogP contribution in [0.3, 0.4) is 0 Å². The lowest BCUT2D eigenvalue weighted by atomic mass is 10.1. The molecule has 2 fully saturated rings. The zero-order chi connectivity index (χ0) is 25.7. The molecule has 6 rings (SSSR count). The highest BCUT2D eigenvalue weighted by atomic mass is 32.2. The van der Waals surface area contributed by atoms with Crippen molar-refractivity contribution in [1.82, 2.24) is 20.3 Å². The first kappa shape index (κ1) is 23.5. The van der Waals surface area contributed by atoms with Crippen molar-refractivity contribution in [3.63, 3.8) is 0 Å². The van der Waals surface area contributed by atoms with Gasteiger partial charge in [-0.25, -0.2) is 18.4 Å². The number of carbonyl (C=O) groups is 1. The van der Waals surface area contributed by atoms with Gasteiger partial charge in [-0.05, 0) is 73.2 Å². The molecular formula is C28H27N5O3S. The van der Waals surface area contributed by atoms with Gasteiger partial charge in [0.1, 0.15) is 5.82 Å². The Morgan fingerprint density at radius 3 is 2.59 bits per heavy atom. The molecular weight excluding hydrogens is 486 g/mol. The number of hydrogen-bond donors (Lipinski definition) is 1. The molecule has 4 heterocycles. The van der Waals surface area contributed by atoms with Crippen LogP contribution in [0.2, 0.25) is 0 Å². The molecule has 1 N–H and O–H groups in total. The van der Waals surface area contributed by atoms with Crippen LogP contribution < -0.4 is 10.2 Å². The Labute approximate surface area is 215 Å². The maximum atomic E-state index is 12.7. The highest BCUT2D eigenvalue weighted by Crippen LogP contribution is 2.46. The second-order valence-corrected chi connectivity index (χ2v) is 12.0. The van der Waals surface area contributed by atoms with Crippen LogP contribution in [-0.4, -0.2) is 48.6 Å². The van der Waals surface area contributed by atoms with Gasteiger partial charge < -0.3 is 10.2 Å². The molecule has 3 aromatic heterocycles. The summed E-state index contributed by atoms with van der Waals surface area (Å²) in [5, 5.41) is 3.72. The number of nitrogens with one attached hydrogen (secondary N) is 1. The molecule has 2 unspecified atom stereocenters. The smallest absolute Gasteiger partial charge is 0.251 e. The number of amides is 1. The van der Waals surface area contributed by atoms with Crippen molar-refractivity contribution in [2.24, 2.45) is 11.8 Å². The molecule has 2 atom stereocenters. The molecule has 9 heteroatoms. The zero-order valence-electron chi connectivity index (χ0n) is 20.7. The standard InChI is InChI=1S/C28H27N5O3S/c1-17-6-7-18(11-26(17)37(2,35)36)28(34)30-14-22-12-25-19(13-29-22)8-9-24(31-25)23-4-3-5-27(32-23)33-15-20-10-21(20)16-33/h3-9,11-13,20-21H,10,14-16H2,1-2H3,(H,30,34). The van der Waals surface area contributed by atoms with E-state index in [-0.39, 0.29) is 22.9 Å². The number of pyridine rings is 3. The number of aryl methyl sites for hydroxylation is 1. The number of carbonyl (C=O) groups excluding carboxylic acids is 1. The van der Waals surface area contributed by atoms with Crippen LogP contribution in [0.25, 0.3) is 22.3 Å². The van der Waals surface area contributed by atoms with Crippen LogP contribution in [0.5, 0.6) is 0 Å². The van der Waals surface area contributed by atoms with Gasteiger partial charge in [-0.2, -0.15) is 0 Å². The normalized spacial score (nSPS) is 18.6. The lowest BCUT2D eigenvalue weighted by Gasteiger charge is -2.19. The predicted molar refractivity (Wildman–Crippen MR) is 142 cm³/mol. The van der Waals surface area contributed by atoms with Crippen molar-refractivity contribution >= 4 is 32.5 Å². The van der Waals surface area contributed by atoms with Gasteiger partial charge in [-0.3, -0.25) is 9.78 Å². The van der Waals surface area contributed by atoms with Crippen LogP contribution in [0, 0.1) is 18.8 Å². The van der Waals surface area contributed by atoms with Crippen molar-refractivity contribution in [2.45, 2.75) is 24.8 Å². The average Bonchev–Trinajstić information content (AvgIpc) is 3.50. The van der Waals surface area contributed by atoms with Gasteiger partial charge in [0.15, 0.2) is 9.84 Å². The van der Waals surface area contributed by atoms with Gasteiger partial charge in [0.05, 0.1) is 34.0 Å². The molecule has 1 saturated heterocycles. The summed E-state index contributed by atoms with van der Waals surface area (Å²) in [4.78, 5) is 29.4. The van der Waals surface area contributed by atoms with E-state index in [0.29, 0.717) is 11.3 Å². The second kappa shape index (κ2) is 8.92. The summed E-state index contributed by atoms with van der Waals surface area (Å²) in [6.45, 7) is 4.07. The van der Waals surface area contributed by atoms with Crippen molar-refractivity contribution in [3.8, 4) is 11.4 Å². The molecule has 188 valence electrons. The first-order valence-electron chi connectivity index (χ1n) is 12.3. The number of rotatable bonds is 6. The number of sulfone groups is 1. The van der Waals surface area contributed by atoms with Crippen LogP contribution in [0.4, 0.5) is 5.82 Å². The van der Waals surface area contributed by atoms with Crippen molar-refractivity contribution in [1.29, 1.82) is 0 Å². The Bertz CT molecular complexity index is 1640. The fourth-order valence-electron chi connectivity index (χ4n) is 5.04. The van der Waals surface area contributed by atoms with E-state index in [1.165, 1.54) is 12.5 Å². The largest absolute Gasteiger partial charge is 0.356 e. The third-order valence-electron chi connectivity index (χ3n) is 7.21. The number of benzene rings is 1. The molecule has 1 aromatic carbocycles. The number of anilines is 1. The summed E-state index contributed by atoms with van der Waals surface area (Å²) in [5.74, 6) is 2.31. The van der Waals surface area contributed by atoms with Crippen LogP contribution >= 0.6 is 0 Å². The molecule has 1 aliphatic heterocycles. The summed E-state index contributed by atoms with van der Waals surface area (Å²) in [7, 11) is -3.42. The highest BCUT2D eigenvalue weighted by Gasteiger charge is 2.45. The minimum atomic E-state index is -3.42. The van der Waals surface area contributed by atoms with E-state index in [1.807, 2.05) is 30.3 Å². The third kappa shape index (κ3) is 4.79. The van der Waals surface area contributed by atoms with E-state index in [2.05, 4.69) is 21.3 Å². The minimum Gasteiger partial charge on any atom is -0.356 e. The molecule has 0 spiro atoms. The second-order valence-electron chi connectivity index (χ2n) is 10.0. The van der Waals surface area contributed by atoms with Crippen LogP contribution in [0.1, 0.15) is 28.0 Å². The summed E-state index contributed by atoms with van der Waals surface area (Å²) >= 11 is 0. The monoisotopic (exact) mass is 513 g/mol. The SMILES string of the molecule is Cc1ccc(C(=O)NCc2cc3nc(-c4cccc(N5CC6CC6C5)n4)ccc3cn2)cc1S(C)(=O)=O. The van der Waals surface area contributed by atoms with E-state index >= 15 is 0 Å². The summed E-state index contributed by atoms with van der Waals surface area (Å²) in [6.07, 6.45) is 4.23. The first-order valence-corrected chi connectivity index (χ1v) is 14.2. The average molecular weight is 514 g/mol. The number of aromatic nitrogens is 3. The van der Waals surface area contributed by atoms with Gasteiger partial charge in [0, 0.05) is 36.5 Å². The van der Waals surface area contributed by atoms with Gasteiger partial charge >= 0.3 is 0 Å². The molecule has 1 saturated carbocycles. The van der Waals surface area contributed by atoms with Crippen LogP contribution in [0.15, 0.2) is 65.7 Å². The first-order chi connectivity index (χ1) is 17.7. The van der Waals surface area contributed by atoms with Crippen molar-refractivity contribution in [3.05, 3.63) is 77.6 Å². The van der Waals surface area contributed by atoms with Crippen molar-refractivity contribution < 1.29 is 13.2 Å². The third-order valence-corrected chi connectivity index (χ3v) is 8.45. The van der Waals surface area contributed by atoms with E-state index in [0.717, 1.165) is 59.3 Å². The maximum absolute atomic E-state index is 12.7. The Kier molecular flexibility index (Phi) is 5.67. The maximum Gasteiger partial charge on any atom is 0.251 e. The van der Waals surface area contributed by atoms with Gasteiger partial charge in [-0.15, -0.1) is 0 Å². The van der Waals surface area contributed by atoms with Gasteiger partial charge in [0.2, 0.25) is 0 Å². The van der Waals surface area contributed by atoms with E-state index in [1.54, 1.807) is 25.3 Å². The summed E-state index contributed by atoms with van der Waals surface area (Å²) in [5.41, 5.74) is 3.92. The predicted octanol–water partition coefficient (Wildman–Crippen LogP) is 3.79. The molecule has 0 bridgehead atoms. The zero-order valence-corrected chi connectivity index (χ0v) is 21.5. The number of hydrogen-bond acceptors (Lipinski definition) is 7. The number of piperidine rings is 1. The Morgan fingerprint density at radius 1 is 1.03 bits per heavy atom. The fraction of sp³-hybridized carbons (Fsp3) is 0.286. The van der Waals surface area contributed by atoms with Crippen molar-refractivity contribution in [2.75, 3.05) is 24.2 Å². The van der Waals surface area contributed by atoms with Gasteiger partial charge in [-0.1, -0.05) is 12.1 Å². The Balaban J connectivity index is 1.20. The topological polar surface area (TPSA) is 105 Å². The molecule has 2 aliphatic rings. The highest BCUT2D eigenvalue weighted by molar-refractivity contribution is 7.90. The molecule has 1 amide bonds. The number of nitrogens with zero attached hydrogens (tertiary/aromatic N) is 4. The summed E-state index contributed by atoms with van der Waals surface area (Å²) in [6, 6.07) is 16.5. The van der Waals surface area contributed by atoms with Gasteiger partial charge in [0.25, 0.3) is 5.91 Å². The summed E-state index contributed by atoms with van der Waals surface area (Å²) < 4.78 is 24.0. The molecule has 0 radical (unpaired) electrons. The quantitative estimate of drug-likeness (QED) is 0.418. The molecule has 8 nitrogen and oxygen atoms in total. The van der Waals surface area contributed by atoms with E-state index in [9.17, 15) is 13.2 Å². The fourth-order valence-corrected chi connectivity index (χ4v) is 6.03.